The van der Waals surface area contributed by atoms with Crippen molar-refractivity contribution in [1.29, 1.82) is 0 Å². The van der Waals surface area contributed by atoms with E-state index in [1.807, 2.05) is 14.1 Å². The summed E-state index contributed by atoms with van der Waals surface area (Å²) in [6.07, 6.45) is 3.47. The molecule has 11 heteroatoms. The molecule has 1 atom stereocenters. The minimum atomic E-state index is -3.92. The van der Waals surface area contributed by atoms with Crippen molar-refractivity contribution in [2.45, 2.75) is 17.9 Å². The molecule has 0 amide bonds. The van der Waals surface area contributed by atoms with E-state index in [-0.39, 0.29) is 21.0 Å². The van der Waals surface area contributed by atoms with E-state index in [4.69, 9.17) is 28.9 Å². The zero-order valence-electron chi connectivity index (χ0n) is 18.1. The number of anilines is 2. The van der Waals surface area contributed by atoms with Crippen molar-refractivity contribution in [3.63, 3.8) is 0 Å². The lowest BCUT2D eigenvalue weighted by Gasteiger charge is -2.18. The van der Waals surface area contributed by atoms with Gasteiger partial charge in [0.1, 0.15) is 10.7 Å². The first kappa shape index (κ1) is 23.3. The number of rotatable bonds is 6. The summed E-state index contributed by atoms with van der Waals surface area (Å²) in [5, 5.41) is 4.54. The standard InChI is InChI=1S/C22H22Cl2N6O2S/c1-13(29(2)3)16-12-27-30-21(25)17(11-26-22(16)30)14-7-9-15(10-8-14)28-33(31,32)19-6-4-5-18(23)20(19)24/h4-13,28H,25H2,1-3H3. The molecular formula is C22H22Cl2N6O2S. The molecule has 2 aromatic heterocycles. The molecular weight excluding hydrogens is 483 g/mol. The number of halogens is 2. The van der Waals surface area contributed by atoms with E-state index in [1.54, 1.807) is 41.2 Å². The predicted molar refractivity (Wildman–Crippen MR) is 132 cm³/mol. The summed E-state index contributed by atoms with van der Waals surface area (Å²) in [6.45, 7) is 2.07. The molecule has 2 aromatic carbocycles. The van der Waals surface area contributed by atoms with Crippen LogP contribution in [0.3, 0.4) is 0 Å². The van der Waals surface area contributed by atoms with Crippen LogP contribution in [0.2, 0.25) is 10.0 Å². The van der Waals surface area contributed by atoms with Gasteiger partial charge in [-0.15, -0.1) is 0 Å². The second-order valence-corrected chi connectivity index (χ2v) is 10.2. The van der Waals surface area contributed by atoms with Crippen LogP contribution in [0.5, 0.6) is 0 Å². The first-order valence-corrected chi connectivity index (χ1v) is 12.2. The summed E-state index contributed by atoms with van der Waals surface area (Å²) in [6, 6.07) is 11.3. The Labute approximate surface area is 202 Å². The van der Waals surface area contributed by atoms with Crippen molar-refractivity contribution < 1.29 is 8.42 Å². The largest absolute Gasteiger partial charge is 0.383 e. The number of benzene rings is 2. The first-order chi connectivity index (χ1) is 15.6. The zero-order valence-corrected chi connectivity index (χ0v) is 20.4. The molecule has 4 rings (SSSR count). The second kappa shape index (κ2) is 8.83. The number of hydrogen-bond acceptors (Lipinski definition) is 6. The number of hydrogen-bond donors (Lipinski definition) is 2. The highest BCUT2D eigenvalue weighted by molar-refractivity contribution is 7.92. The fraction of sp³-hybridized carbons (Fsp3) is 0.182. The summed E-state index contributed by atoms with van der Waals surface area (Å²) in [5.41, 5.74) is 9.88. The second-order valence-electron chi connectivity index (χ2n) is 7.77. The summed E-state index contributed by atoms with van der Waals surface area (Å²) >= 11 is 12.0. The van der Waals surface area contributed by atoms with E-state index in [0.717, 1.165) is 11.1 Å². The number of aromatic nitrogens is 3. The lowest BCUT2D eigenvalue weighted by molar-refractivity contribution is 0.322. The van der Waals surface area contributed by atoms with Crippen molar-refractivity contribution in [1.82, 2.24) is 19.5 Å². The Morgan fingerprint density at radius 2 is 1.79 bits per heavy atom. The molecule has 1 unspecified atom stereocenters. The van der Waals surface area contributed by atoms with E-state index in [1.165, 1.54) is 18.2 Å². The highest BCUT2D eigenvalue weighted by Gasteiger charge is 2.20. The molecule has 0 fully saturated rings. The van der Waals surface area contributed by atoms with E-state index in [9.17, 15) is 8.42 Å². The average molecular weight is 505 g/mol. The third-order valence-corrected chi connectivity index (χ3v) is 7.82. The van der Waals surface area contributed by atoms with Crippen molar-refractivity contribution >= 4 is 50.4 Å². The van der Waals surface area contributed by atoms with E-state index in [0.29, 0.717) is 22.7 Å². The molecule has 0 aliphatic rings. The van der Waals surface area contributed by atoms with Crippen LogP contribution in [0.25, 0.3) is 16.8 Å². The molecule has 2 heterocycles. The van der Waals surface area contributed by atoms with Gasteiger partial charge in [-0.2, -0.15) is 9.61 Å². The Morgan fingerprint density at radius 1 is 1.09 bits per heavy atom. The summed E-state index contributed by atoms with van der Waals surface area (Å²) in [5.74, 6) is 0.441. The normalized spacial score (nSPS) is 12.9. The average Bonchev–Trinajstić information content (AvgIpc) is 3.20. The van der Waals surface area contributed by atoms with Crippen LogP contribution < -0.4 is 10.5 Å². The van der Waals surface area contributed by atoms with E-state index in [2.05, 4.69) is 26.6 Å². The monoisotopic (exact) mass is 504 g/mol. The topological polar surface area (TPSA) is 106 Å². The molecule has 0 bridgehead atoms. The van der Waals surface area contributed by atoms with E-state index < -0.39 is 10.0 Å². The number of sulfonamides is 1. The van der Waals surface area contributed by atoms with Gasteiger partial charge in [0, 0.05) is 29.1 Å². The smallest absolute Gasteiger partial charge is 0.263 e. The van der Waals surface area contributed by atoms with Gasteiger partial charge in [0.2, 0.25) is 0 Å². The van der Waals surface area contributed by atoms with Gasteiger partial charge in [-0.25, -0.2) is 13.4 Å². The SMILES string of the molecule is CC(c1cnn2c(N)c(-c3ccc(NS(=O)(=O)c4cccc(Cl)c4Cl)cc3)cnc12)N(C)C. The number of nitrogens with zero attached hydrogens (tertiary/aromatic N) is 4. The van der Waals surface area contributed by atoms with Gasteiger partial charge in [0.15, 0.2) is 5.65 Å². The van der Waals surface area contributed by atoms with Crippen molar-refractivity contribution in [3.05, 3.63) is 70.5 Å². The molecule has 0 radical (unpaired) electrons. The van der Waals surface area contributed by atoms with Crippen LogP contribution in [0.4, 0.5) is 11.5 Å². The molecule has 0 aliphatic carbocycles. The van der Waals surface area contributed by atoms with Crippen LogP contribution in [-0.4, -0.2) is 42.0 Å². The molecule has 172 valence electrons. The number of nitrogen functional groups attached to an aromatic ring is 1. The maximum absolute atomic E-state index is 12.7. The molecule has 3 N–H and O–H groups in total. The van der Waals surface area contributed by atoms with Gasteiger partial charge in [0.25, 0.3) is 10.0 Å². The van der Waals surface area contributed by atoms with Crippen LogP contribution in [0, 0.1) is 0 Å². The van der Waals surface area contributed by atoms with Gasteiger partial charge in [-0.05, 0) is 50.8 Å². The van der Waals surface area contributed by atoms with Crippen molar-refractivity contribution in [2.75, 3.05) is 24.6 Å². The predicted octanol–water partition coefficient (Wildman–Crippen LogP) is 4.71. The summed E-state index contributed by atoms with van der Waals surface area (Å²) < 4.78 is 29.6. The van der Waals surface area contributed by atoms with E-state index >= 15 is 0 Å². The molecule has 8 nitrogen and oxygen atoms in total. The van der Waals surface area contributed by atoms with Crippen molar-refractivity contribution in [3.8, 4) is 11.1 Å². The Bertz CT molecular complexity index is 1440. The fourth-order valence-corrected chi connectivity index (χ4v) is 5.20. The molecule has 0 spiro atoms. The van der Waals surface area contributed by atoms with Gasteiger partial charge < -0.3 is 10.6 Å². The minimum absolute atomic E-state index is 0.0300. The molecule has 0 saturated heterocycles. The third kappa shape index (κ3) is 4.37. The van der Waals surface area contributed by atoms with Gasteiger partial charge in [0.05, 0.1) is 16.2 Å². The number of nitrogens with one attached hydrogen (secondary N) is 1. The quantitative estimate of drug-likeness (QED) is 0.393. The molecule has 0 saturated carbocycles. The van der Waals surface area contributed by atoms with Gasteiger partial charge >= 0.3 is 0 Å². The lowest BCUT2D eigenvalue weighted by atomic mass is 10.1. The Hall–Kier alpha value is -2.85. The summed E-state index contributed by atoms with van der Waals surface area (Å²) in [7, 11) is 0.0612. The molecule has 33 heavy (non-hydrogen) atoms. The zero-order chi connectivity index (χ0) is 23.9. The van der Waals surface area contributed by atoms with Crippen LogP contribution in [0.1, 0.15) is 18.5 Å². The van der Waals surface area contributed by atoms with Crippen LogP contribution in [-0.2, 0) is 10.0 Å². The van der Waals surface area contributed by atoms with Crippen molar-refractivity contribution in [2.24, 2.45) is 0 Å². The lowest BCUT2D eigenvalue weighted by Crippen LogP contribution is -2.16. The third-order valence-electron chi connectivity index (χ3n) is 5.47. The van der Waals surface area contributed by atoms with Crippen LogP contribution >= 0.6 is 23.2 Å². The number of nitrogens with two attached hydrogens (primary N) is 1. The molecule has 0 aliphatic heterocycles. The Balaban J connectivity index is 1.63. The highest BCUT2D eigenvalue weighted by atomic mass is 35.5. The minimum Gasteiger partial charge on any atom is -0.383 e. The first-order valence-electron chi connectivity index (χ1n) is 9.96. The fourth-order valence-electron chi connectivity index (χ4n) is 3.38. The number of fused-ring (bicyclic) bond motifs is 1. The summed E-state index contributed by atoms with van der Waals surface area (Å²) in [4.78, 5) is 6.55. The Morgan fingerprint density at radius 3 is 2.45 bits per heavy atom. The maximum Gasteiger partial charge on any atom is 0.263 e. The Kier molecular flexibility index (Phi) is 6.24. The van der Waals surface area contributed by atoms with Gasteiger partial charge in [-0.3, -0.25) is 4.72 Å². The van der Waals surface area contributed by atoms with Gasteiger partial charge in [-0.1, -0.05) is 41.4 Å². The van der Waals surface area contributed by atoms with Crippen LogP contribution in [0.15, 0.2) is 59.8 Å². The maximum atomic E-state index is 12.7. The molecule has 4 aromatic rings. The highest BCUT2D eigenvalue weighted by Crippen LogP contribution is 2.32.